The second kappa shape index (κ2) is 8.81. The molecule has 176 valence electrons. The van der Waals surface area contributed by atoms with Crippen LogP contribution >= 0.6 is 0 Å². The van der Waals surface area contributed by atoms with Crippen LogP contribution in [0.15, 0.2) is 42.6 Å². The van der Waals surface area contributed by atoms with Crippen molar-refractivity contribution < 1.29 is 23.8 Å². The lowest BCUT2D eigenvalue weighted by Gasteiger charge is -2.35. The monoisotopic (exact) mass is 464 g/mol. The highest BCUT2D eigenvalue weighted by molar-refractivity contribution is 5.95. The number of fused-ring (bicyclic) bond motifs is 2. The second-order valence-corrected chi connectivity index (χ2v) is 8.55. The number of nitrogens with zero attached hydrogens (tertiary/aromatic N) is 3. The molecule has 9 heteroatoms. The van der Waals surface area contributed by atoms with E-state index in [1.54, 1.807) is 12.1 Å². The number of methoxy groups -OCH3 is 1. The number of carbonyl (C=O) groups excluding carboxylic acids is 1. The highest BCUT2D eigenvalue weighted by atomic mass is 19.1. The summed E-state index contributed by atoms with van der Waals surface area (Å²) in [6.07, 6.45) is 3.64. The molecule has 2 N–H and O–H groups in total. The molecule has 4 heterocycles. The van der Waals surface area contributed by atoms with Gasteiger partial charge in [-0.15, -0.1) is 0 Å². The standard InChI is InChI=1S/C25H25FN4O4/c1-34-22-7-5-16(11-18(22)26)20(13-23(31)32)30-10-9-29-14-17(12-21(29)25(30)33)19-6-4-15-3-2-8-27-24(15)28-19/h4-7,11-12,14,20H,2-3,8-10,13H2,1H3,(H,27,28)(H,31,32). The lowest BCUT2D eigenvalue weighted by atomic mass is 10.00. The number of aliphatic carboxylic acids is 1. The Balaban J connectivity index is 1.46. The van der Waals surface area contributed by atoms with Gasteiger partial charge in [-0.1, -0.05) is 12.1 Å². The molecule has 0 saturated heterocycles. The van der Waals surface area contributed by atoms with Gasteiger partial charge in [0.2, 0.25) is 0 Å². The number of carbonyl (C=O) groups is 2. The molecular formula is C25H25FN4O4. The minimum atomic E-state index is -1.07. The highest BCUT2D eigenvalue weighted by Crippen LogP contribution is 2.33. The maximum Gasteiger partial charge on any atom is 0.305 e. The van der Waals surface area contributed by atoms with Crippen molar-refractivity contribution >= 4 is 17.7 Å². The van der Waals surface area contributed by atoms with Crippen molar-refractivity contribution in [2.75, 3.05) is 25.5 Å². The molecule has 5 rings (SSSR count). The number of carboxylic acid groups (broad SMARTS) is 1. The number of carboxylic acids is 1. The van der Waals surface area contributed by atoms with Gasteiger partial charge in [0.25, 0.3) is 5.91 Å². The van der Waals surface area contributed by atoms with Gasteiger partial charge in [-0.25, -0.2) is 9.37 Å². The van der Waals surface area contributed by atoms with Gasteiger partial charge in [0, 0.05) is 31.4 Å². The molecule has 0 fully saturated rings. The number of rotatable bonds is 6. The van der Waals surface area contributed by atoms with E-state index in [1.165, 1.54) is 29.7 Å². The molecule has 1 aromatic carbocycles. The summed E-state index contributed by atoms with van der Waals surface area (Å²) in [5.74, 6) is -1.02. The first-order valence-corrected chi connectivity index (χ1v) is 11.2. The van der Waals surface area contributed by atoms with Crippen LogP contribution in [0.4, 0.5) is 10.2 Å². The summed E-state index contributed by atoms with van der Waals surface area (Å²) in [7, 11) is 1.36. The van der Waals surface area contributed by atoms with Gasteiger partial charge >= 0.3 is 5.97 Å². The van der Waals surface area contributed by atoms with Crippen LogP contribution in [-0.2, 0) is 17.8 Å². The number of hydrogen-bond donors (Lipinski definition) is 2. The Kier molecular flexibility index (Phi) is 5.69. The number of hydrogen-bond acceptors (Lipinski definition) is 5. The first-order chi connectivity index (χ1) is 16.4. The molecule has 3 aromatic rings. The molecule has 1 amide bonds. The van der Waals surface area contributed by atoms with Crippen molar-refractivity contribution in [1.29, 1.82) is 0 Å². The minimum Gasteiger partial charge on any atom is -0.494 e. The Morgan fingerprint density at radius 2 is 2.12 bits per heavy atom. The summed E-state index contributed by atoms with van der Waals surface area (Å²) in [5.41, 5.74) is 3.65. The summed E-state index contributed by atoms with van der Waals surface area (Å²) >= 11 is 0. The van der Waals surface area contributed by atoms with Crippen LogP contribution < -0.4 is 10.1 Å². The van der Waals surface area contributed by atoms with Crippen molar-refractivity contribution in [1.82, 2.24) is 14.5 Å². The van der Waals surface area contributed by atoms with Gasteiger partial charge < -0.3 is 24.6 Å². The van der Waals surface area contributed by atoms with Gasteiger partial charge in [-0.3, -0.25) is 9.59 Å². The number of benzene rings is 1. The first-order valence-electron chi connectivity index (χ1n) is 11.2. The minimum absolute atomic E-state index is 0.0633. The van der Waals surface area contributed by atoms with Gasteiger partial charge in [-0.05, 0) is 48.2 Å². The Morgan fingerprint density at radius 1 is 1.26 bits per heavy atom. The van der Waals surface area contributed by atoms with E-state index in [9.17, 15) is 19.1 Å². The maximum absolute atomic E-state index is 14.4. The van der Waals surface area contributed by atoms with E-state index in [0.717, 1.165) is 36.5 Å². The highest BCUT2D eigenvalue weighted by Gasteiger charge is 2.33. The fourth-order valence-corrected chi connectivity index (χ4v) is 4.73. The molecule has 2 aromatic heterocycles. The molecule has 0 aliphatic carbocycles. The van der Waals surface area contributed by atoms with Crippen LogP contribution in [0, 0.1) is 5.82 Å². The Morgan fingerprint density at radius 3 is 2.88 bits per heavy atom. The van der Waals surface area contributed by atoms with Crippen LogP contribution in [0.5, 0.6) is 5.75 Å². The van der Waals surface area contributed by atoms with Gasteiger partial charge in [0.05, 0.1) is 25.3 Å². The zero-order chi connectivity index (χ0) is 23.8. The van der Waals surface area contributed by atoms with Gasteiger partial charge in [0.1, 0.15) is 11.5 Å². The lowest BCUT2D eigenvalue weighted by molar-refractivity contribution is -0.138. The van der Waals surface area contributed by atoms with E-state index < -0.39 is 17.8 Å². The Bertz CT molecular complexity index is 1270. The van der Waals surface area contributed by atoms with E-state index in [-0.39, 0.29) is 18.1 Å². The number of ether oxygens (including phenoxy) is 1. The fourth-order valence-electron chi connectivity index (χ4n) is 4.73. The predicted octanol–water partition coefficient (Wildman–Crippen LogP) is 3.73. The normalized spacial score (nSPS) is 15.8. The van der Waals surface area contributed by atoms with Crippen molar-refractivity contribution in [3.63, 3.8) is 0 Å². The van der Waals surface area contributed by atoms with E-state index in [0.29, 0.717) is 24.3 Å². The number of pyridine rings is 1. The summed E-state index contributed by atoms with van der Waals surface area (Å²) < 4.78 is 21.2. The number of nitrogens with one attached hydrogen (secondary N) is 1. The molecule has 0 radical (unpaired) electrons. The Hall–Kier alpha value is -3.88. The molecule has 8 nitrogen and oxygen atoms in total. The topological polar surface area (TPSA) is 96.7 Å². The van der Waals surface area contributed by atoms with Crippen LogP contribution in [0.1, 0.15) is 40.5 Å². The van der Waals surface area contributed by atoms with Crippen molar-refractivity contribution in [2.45, 2.75) is 31.8 Å². The molecular weight excluding hydrogens is 439 g/mol. The predicted molar refractivity (Wildman–Crippen MR) is 123 cm³/mol. The number of halogens is 1. The first kappa shape index (κ1) is 21.9. The number of aromatic nitrogens is 2. The molecule has 1 unspecified atom stereocenters. The quantitative estimate of drug-likeness (QED) is 0.577. The van der Waals surface area contributed by atoms with E-state index >= 15 is 0 Å². The second-order valence-electron chi connectivity index (χ2n) is 8.55. The van der Waals surface area contributed by atoms with Gasteiger partial charge in [-0.2, -0.15) is 0 Å². The van der Waals surface area contributed by atoms with Crippen LogP contribution in [0.3, 0.4) is 0 Å². The summed E-state index contributed by atoms with van der Waals surface area (Å²) in [6, 6.07) is 9.31. The SMILES string of the molecule is COc1ccc(C(CC(=O)O)N2CCn3cc(-c4ccc5c(n4)NCCC5)cc3C2=O)cc1F. The zero-order valence-electron chi connectivity index (χ0n) is 18.8. The average molecular weight is 464 g/mol. The average Bonchev–Trinajstić information content (AvgIpc) is 3.28. The van der Waals surface area contributed by atoms with Crippen LogP contribution in [0.2, 0.25) is 0 Å². The van der Waals surface area contributed by atoms with Crippen molar-refractivity contribution in [3.05, 3.63) is 65.2 Å². The molecule has 1 atom stereocenters. The molecule has 0 saturated carbocycles. The zero-order valence-corrected chi connectivity index (χ0v) is 18.8. The van der Waals surface area contributed by atoms with Crippen molar-refractivity contribution in [3.8, 4) is 17.0 Å². The molecule has 2 aliphatic rings. The molecule has 0 spiro atoms. The van der Waals surface area contributed by atoms with Crippen LogP contribution in [-0.4, -0.2) is 51.6 Å². The third-order valence-electron chi connectivity index (χ3n) is 6.45. The van der Waals surface area contributed by atoms with Crippen molar-refractivity contribution in [2.24, 2.45) is 0 Å². The molecule has 0 bridgehead atoms. The van der Waals surface area contributed by atoms with E-state index in [1.807, 2.05) is 16.8 Å². The molecule has 2 aliphatic heterocycles. The number of anilines is 1. The van der Waals surface area contributed by atoms with Crippen LogP contribution in [0.25, 0.3) is 11.3 Å². The van der Waals surface area contributed by atoms with E-state index in [2.05, 4.69) is 11.4 Å². The smallest absolute Gasteiger partial charge is 0.305 e. The summed E-state index contributed by atoms with van der Waals surface area (Å²) in [5, 5.41) is 12.8. The Labute approximate surface area is 196 Å². The maximum atomic E-state index is 14.4. The summed E-state index contributed by atoms with van der Waals surface area (Å²) in [4.78, 5) is 31.3. The fraction of sp³-hybridized carbons (Fsp3) is 0.320. The molecule has 34 heavy (non-hydrogen) atoms. The largest absolute Gasteiger partial charge is 0.494 e. The third-order valence-corrected chi connectivity index (χ3v) is 6.45. The third kappa shape index (κ3) is 3.98. The van der Waals surface area contributed by atoms with E-state index in [4.69, 9.17) is 9.72 Å². The lowest BCUT2D eigenvalue weighted by Crippen LogP contribution is -2.43. The van der Waals surface area contributed by atoms with Gasteiger partial charge in [0.15, 0.2) is 11.6 Å². The summed E-state index contributed by atoms with van der Waals surface area (Å²) in [6.45, 7) is 1.70. The number of amides is 1. The number of aryl methyl sites for hydroxylation is 1.